The maximum atomic E-state index is 11.8. The van der Waals surface area contributed by atoms with Crippen molar-refractivity contribution in [1.29, 1.82) is 0 Å². The summed E-state index contributed by atoms with van der Waals surface area (Å²) in [4.78, 5) is 4.16. The largest absolute Gasteiger partial charge is 0.493 e. The van der Waals surface area contributed by atoms with E-state index in [0.717, 1.165) is 12.0 Å². The van der Waals surface area contributed by atoms with Crippen LogP contribution in [0.5, 0.6) is 11.5 Å². The topological polar surface area (TPSA) is 92.3 Å². The van der Waals surface area contributed by atoms with Crippen LogP contribution in [0.4, 0.5) is 0 Å². The number of aliphatic imine (C=N–C) groups is 1. The van der Waals surface area contributed by atoms with Crippen molar-refractivity contribution in [1.82, 2.24) is 14.9 Å². The lowest BCUT2D eigenvalue weighted by Gasteiger charge is -2.16. The second-order valence-electron chi connectivity index (χ2n) is 5.93. The molecule has 1 heterocycles. The monoisotopic (exact) mass is 384 g/mol. The normalized spacial score (nSPS) is 17.1. The van der Waals surface area contributed by atoms with Crippen molar-refractivity contribution in [2.75, 3.05) is 53.2 Å². The Hall–Kier alpha value is -2.00. The van der Waals surface area contributed by atoms with Gasteiger partial charge in [-0.3, -0.25) is 4.99 Å². The van der Waals surface area contributed by atoms with E-state index in [0.29, 0.717) is 50.1 Å². The molecule has 0 aliphatic carbocycles. The lowest BCUT2D eigenvalue weighted by Crippen LogP contribution is -2.42. The highest BCUT2D eigenvalue weighted by atomic mass is 32.2. The van der Waals surface area contributed by atoms with Crippen LogP contribution >= 0.6 is 0 Å². The molecule has 0 bridgehead atoms. The molecule has 0 radical (unpaired) electrons. The standard InChI is InChI=1S/C17H28N4O4S/c1-18-17(20-9-11-21-10-4-12-26(21,22)23)19-8-7-14-5-6-15(24-2)16(13-14)25-3/h5-6,13H,4,7-12H2,1-3H3,(H2,18,19,20). The Balaban J connectivity index is 1.75. The molecule has 2 rings (SSSR count). The average molecular weight is 385 g/mol. The van der Waals surface area contributed by atoms with Gasteiger partial charge in [-0.15, -0.1) is 0 Å². The minimum Gasteiger partial charge on any atom is -0.493 e. The van der Waals surface area contributed by atoms with E-state index in [1.807, 2.05) is 18.2 Å². The van der Waals surface area contributed by atoms with Crippen LogP contribution in [0.15, 0.2) is 23.2 Å². The van der Waals surface area contributed by atoms with Crippen molar-refractivity contribution >= 4 is 16.0 Å². The van der Waals surface area contributed by atoms with Crippen molar-refractivity contribution in [3.05, 3.63) is 23.8 Å². The number of ether oxygens (including phenoxy) is 2. The Bertz CT molecular complexity index is 721. The summed E-state index contributed by atoms with van der Waals surface area (Å²) in [6.45, 7) is 2.28. The summed E-state index contributed by atoms with van der Waals surface area (Å²) < 4.78 is 35.6. The van der Waals surface area contributed by atoms with Crippen molar-refractivity contribution in [3.8, 4) is 11.5 Å². The smallest absolute Gasteiger partial charge is 0.214 e. The van der Waals surface area contributed by atoms with Gasteiger partial charge in [-0.1, -0.05) is 6.07 Å². The summed E-state index contributed by atoms with van der Waals surface area (Å²) >= 11 is 0. The molecule has 1 aliphatic rings. The van der Waals surface area contributed by atoms with Gasteiger partial charge in [0, 0.05) is 33.2 Å². The number of benzene rings is 1. The number of methoxy groups -OCH3 is 2. The molecule has 0 saturated carbocycles. The van der Waals surface area contributed by atoms with Gasteiger partial charge in [0.2, 0.25) is 10.0 Å². The van der Waals surface area contributed by atoms with Gasteiger partial charge in [-0.25, -0.2) is 12.7 Å². The second-order valence-corrected chi connectivity index (χ2v) is 8.02. The molecular formula is C17H28N4O4S. The summed E-state index contributed by atoms with van der Waals surface area (Å²) in [5.41, 5.74) is 1.12. The minimum atomic E-state index is -3.05. The summed E-state index contributed by atoms with van der Waals surface area (Å²) in [6, 6.07) is 5.84. The van der Waals surface area contributed by atoms with Crippen LogP contribution in [-0.2, 0) is 16.4 Å². The molecule has 1 aromatic carbocycles. The van der Waals surface area contributed by atoms with Gasteiger partial charge >= 0.3 is 0 Å². The first kappa shape index (κ1) is 20.3. The minimum absolute atomic E-state index is 0.255. The zero-order chi connectivity index (χ0) is 19.0. The van der Waals surface area contributed by atoms with E-state index < -0.39 is 10.0 Å². The molecule has 0 aromatic heterocycles. The van der Waals surface area contributed by atoms with Crippen molar-refractivity contribution in [2.24, 2.45) is 4.99 Å². The first-order valence-corrected chi connectivity index (χ1v) is 10.2. The molecule has 0 unspecified atom stereocenters. The Morgan fingerprint density at radius 1 is 1.19 bits per heavy atom. The summed E-state index contributed by atoms with van der Waals surface area (Å²) in [5, 5.41) is 6.38. The van der Waals surface area contributed by atoms with Gasteiger partial charge in [-0.2, -0.15) is 0 Å². The van der Waals surface area contributed by atoms with Crippen molar-refractivity contribution < 1.29 is 17.9 Å². The number of rotatable bonds is 8. The van der Waals surface area contributed by atoms with Crippen molar-refractivity contribution in [2.45, 2.75) is 12.8 Å². The number of hydrogen-bond donors (Lipinski definition) is 2. The second kappa shape index (κ2) is 9.63. The molecule has 9 heteroatoms. The third-order valence-electron chi connectivity index (χ3n) is 4.23. The molecule has 0 atom stereocenters. The fraction of sp³-hybridized carbons (Fsp3) is 0.588. The Labute approximate surface area is 155 Å². The Kier molecular flexibility index (Phi) is 7.52. The van der Waals surface area contributed by atoms with Crippen LogP contribution in [0.1, 0.15) is 12.0 Å². The van der Waals surface area contributed by atoms with Crippen LogP contribution in [0.2, 0.25) is 0 Å². The first-order chi connectivity index (χ1) is 12.5. The molecule has 1 aliphatic heterocycles. The fourth-order valence-electron chi connectivity index (χ4n) is 2.82. The van der Waals surface area contributed by atoms with Crippen LogP contribution in [0, 0.1) is 0 Å². The SMILES string of the molecule is CN=C(NCCc1ccc(OC)c(OC)c1)NCCN1CCCS1(=O)=O. The molecule has 8 nitrogen and oxygen atoms in total. The zero-order valence-electron chi connectivity index (χ0n) is 15.6. The van der Waals surface area contributed by atoms with Crippen molar-refractivity contribution in [3.63, 3.8) is 0 Å². The van der Waals surface area contributed by atoms with Crippen LogP contribution in [0.25, 0.3) is 0 Å². The third-order valence-corrected chi connectivity index (χ3v) is 6.19. The summed E-state index contributed by atoms with van der Waals surface area (Å²) in [7, 11) is 1.88. The highest BCUT2D eigenvalue weighted by molar-refractivity contribution is 7.89. The van der Waals surface area contributed by atoms with E-state index in [2.05, 4.69) is 15.6 Å². The van der Waals surface area contributed by atoms with Crippen LogP contribution in [0.3, 0.4) is 0 Å². The number of nitrogens with zero attached hydrogens (tertiary/aromatic N) is 2. The van der Waals surface area contributed by atoms with Gasteiger partial charge < -0.3 is 20.1 Å². The van der Waals surface area contributed by atoms with E-state index in [9.17, 15) is 8.42 Å². The maximum absolute atomic E-state index is 11.8. The maximum Gasteiger partial charge on any atom is 0.214 e. The molecular weight excluding hydrogens is 356 g/mol. The zero-order valence-corrected chi connectivity index (χ0v) is 16.4. The van der Waals surface area contributed by atoms with E-state index in [-0.39, 0.29) is 5.75 Å². The molecule has 1 saturated heterocycles. The molecule has 0 amide bonds. The number of nitrogens with one attached hydrogen (secondary N) is 2. The molecule has 1 fully saturated rings. The number of guanidine groups is 1. The van der Waals surface area contributed by atoms with E-state index >= 15 is 0 Å². The third kappa shape index (κ3) is 5.50. The fourth-order valence-corrected chi connectivity index (χ4v) is 4.35. The van der Waals surface area contributed by atoms with Gasteiger partial charge in [0.25, 0.3) is 0 Å². The van der Waals surface area contributed by atoms with Gasteiger partial charge in [0.15, 0.2) is 17.5 Å². The highest BCUT2D eigenvalue weighted by Crippen LogP contribution is 2.27. The van der Waals surface area contributed by atoms with Crippen LogP contribution < -0.4 is 20.1 Å². The number of hydrogen-bond acceptors (Lipinski definition) is 5. The molecule has 0 spiro atoms. The van der Waals surface area contributed by atoms with E-state index in [1.54, 1.807) is 21.3 Å². The lowest BCUT2D eigenvalue weighted by molar-refractivity contribution is 0.354. The molecule has 1 aromatic rings. The van der Waals surface area contributed by atoms with Gasteiger partial charge in [-0.05, 0) is 30.5 Å². The molecule has 26 heavy (non-hydrogen) atoms. The Morgan fingerprint density at radius 2 is 1.92 bits per heavy atom. The summed E-state index contributed by atoms with van der Waals surface area (Å²) in [6.07, 6.45) is 1.50. The van der Waals surface area contributed by atoms with Gasteiger partial charge in [0.1, 0.15) is 0 Å². The quantitative estimate of drug-likeness (QED) is 0.499. The number of sulfonamides is 1. The average Bonchev–Trinajstić information content (AvgIpc) is 2.98. The predicted molar refractivity (Wildman–Crippen MR) is 103 cm³/mol. The van der Waals surface area contributed by atoms with E-state index in [4.69, 9.17) is 9.47 Å². The lowest BCUT2D eigenvalue weighted by atomic mass is 10.1. The first-order valence-electron chi connectivity index (χ1n) is 8.63. The highest BCUT2D eigenvalue weighted by Gasteiger charge is 2.27. The molecule has 146 valence electrons. The Morgan fingerprint density at radius 3 is 2.54 bits per heavy atom. The van der Waals surface area contributed by atoms with Gasteiger partial charge in [0.05, 0.1) is 20.0 Å². The predicted octanol–water partition coefficient (Wildman–Crippen LogP) is 0.447. The van der Waals surface area contributed by atoms with E-state index in [1.165, 1.54) is 4.31 Å². The van der Waals surface area contributed by atoms with Crippen LogP contribution in [-0.4, -0.2) is 71.9 Å². The summed E-state index contributed by atoms with van der Waals surface area (Å²) in [5.74, 6) is 2.32. The molecule has 2 N–H and O–H groups in total.